The zero-order chi connectivity index (χ0) is 19.9. The molecule has 0 atom stereocenters. The summed E-state index contributed by atoms with van der Waals surface area (Å²) in [7, 11) is 1.67. The van der Waals surface area contributed by atoms with Gasteiger partial charge in [0.05, 0.1) is 26.7 Å². The number of H-pyrrole nitrogens is 1. The Balaban J connectivity index is 1.35. The van der Waals surface area contributed by atoms with Gasteiger partial charge in [-0.3, -0.25) is 4.90 Å². The normalized spacial score (nSPS) is 14.8. The smallest absolute Gasteiger partial charge is 0.226 e. The molecule has 0 unspecified atom stereocenters. The van der Waals surface area contributed by atoms with Crippen molar-refractivity contribution in [3.63, 3.8) is 0 Å². The Morgan fingerprint density at radius 1 is 1.10 bits per heavy atom. The van der Waals surface area contributed by atoms with Gasteiger partial charge in [-0.05, 0) is 24.1 Å². The topological polar surface area (TPSA) is 100 Å². The fourth-order valence-corrected chi connectivity index (χ4v) is 3.31. The van der Waals surface area contributed by atoms with Crippen molar-refractivity contribution in [3.8, 4) is 5.75 Å². The Bertz CT molecular complexity index is 907. The monoisotopic (exact) mass is 397 g/mol. The summed E-state index contributed by atoms with van der Waals surface area (Å²) in [5.41, 5.74) is 2.70. The lowest BCUT2D eigenvalue weighted by Gasteiger charge is -2.26. The first kappa shape index (κ1) is 19.4. The van der Waals surface area contributed by atoms with E-state index >= 15 is 0 Å². The molecule has 1 fully saturated rings. The lowest BCUT2D eigenvalue weighted by molar-refractivity contribution is 0.0398. The predicted octanol–water partition coefficient (Wildman–Crippen LogP) is 1.76. The van der Waals surface area contributed by atoms with E-state index in [1.165, 1.54) is 5.56 Å². The van der Waals surface area contributed by atoms with Crippen LogP contribution in [0.2, 0.25) is 0 Å². The van der Waals surface area contributed by atoms with Gasteiger partial charge in [-0.25, -0.2) is 4.98 Å². The largest absolute Gasteiger partial charge is 0.497 e. The van der Waals surface area contributed by atoms with E-state index in [9.17, 15) is 0 Å². The highest BCUT2D eigenvalue weighted by Gasteiger charge is 2.12. The number of imidazole rings is 1. The molecular weight excluding hydrogens is 370 g/mol. The van der Waals surface area contributed by atoms with E-state index in [1.54, 1.807) is 13.4 Å². The Labute approximate surface area is 169 Å². The van der Waals surface area contributed by atoms with Gasteiger partial charge in [0, 0.05) is 32.7 Å². The number of ether oxygens (including phenoxy) is 2. The zero-order valence-electron chi connectivity index (χ0n) is 16.6. The number of hydrogen-bond donors (Lipinski definition) is 3. The molecule has 9 heteroatoms. The van der Waals surface area contributed by atoms with Crippen molar-refractivity contribution in [2.75, 3.05) is 63.7 Å². The van der Waals surface area contributed by atoms with Crippen molar-refractivity contribution < 1.29 is 9.47 Å². The SMILES string of the molecule is COc1ccc(CCNc2nc(NCCN3CCOCC3)nc3nc[nH]c23)cc1. The van der Waals surface area contributed by atoms with E-state index in [1.807, 2.05) is 12.1 Å². The van der Waals surface area contributed by atoms with Crippen molar-refractivity contribution in [2.24, 2.45) is 0 Å². The molecule has 9 nitrogen and oxygen atoms in total. The zero-order valence-corrected chi connectivity index (χ0v) is 16.6. The van der Waals surface area contributed by atoms with Gasteiger partial charge in [0.1, 0.15) is 11.3 Å². The second kappa shape index (κ2) is 9.53. The molecule has 0 bridgehead atoms. The molecule has 0 saturated carbocycles. The highest BCUT2D eigenvalue weighted by Crippen LogP contribution is 2.19. The minimum absolute atomic E-state index is 0.588. The maximum absolute atomic E-state index is 5.39. The number of methoxy groups -OCH3 is 1. The molecule has 0 amide bonds. The van der Waals surface area contributed by atoms with Crippen LogP contribution < -0.4 is 15.4 Å². The lowest BCUT2D eigenvalue weighted by Crippen LogP contribution is -2.39. The van der Waals surface area contributed by atoms with Gasteiger partial charge < -0.3 is 25.1 Å². The molecule has 154 valence electrons. The number of benzene rings is 1. The van der Waals surface area contributed by atoms with Crippen LogP contribution in [-0.2, 0) is 11.2 Å². The van der Waals surface area contributed by atoms with E-state index in [0.717, 1.165) is 69.4 Å². The van der Waals surface area contributed by atoms with Gasteiger partial charge in [-0.15, -0.1) is 0 Å². The molecule has 3 aromatic rings. The highest BCUT2D eigenvalue weighted by atomic mass is 16.5. The van der Waals surface area contributed by atoms with E-state index in [-0.39, 0.29) is 0 Å². The molecule has 1 saturated heterocycles. The molecular formula is C20H27N7O2. The minimum atomic E-state index is 0.588. The van der Waals surface area contributed by atoms with Gasteiger partial charge in [-0.1, -0.05) is 12.1 Å². The number of nitrogens with zero attached hydrogens (tertiary/aromatic N) is 4. The molecule has 0 aliphatic carbocycles. The fraction of sp³-hybridized carbons (Fsp3) is 0.450. The summed E-state index contributed by atoms with van der Waals surface area (Å²) in [4.78, 5) is 18.9. The second-order valence-corrected chi connectivity index (χ2v) is 6.90. The molecule has 1 aromatic carbocycles. The molecule has 3 heterocycles. The van der Waals surface area contributed by atoms with E-state index in [2.05, 4.69) is 47.6 Å². The average Bonchev–Trinajstić information content (AvgIpc) is 3.24. The van der Waals surface area contributed by atoms with Gasteiger partial charge in [-0.2, -0.15) is 9.97 Å². The quantitative estimate of drug-likeness (QED) is 0.502. The third kappa shape index (κ3) is 5.12. The Kier molecular flexibility index (Phi) is 6.38. The van der Waals surface area contributed by atoms with E-state index < -0.39 is 0 Å². The van der Waals surface area contributed by atoms with Crippen LogP contribution in [0.15, 0.2) is 30.6 Å². The Morgan fingerprint density at radius 2 is 1.93 bits per heavy atom. The van der Waals surface area contributed by atoms with Crippen molar-refractivity contribution in [1.82, 2.24) is 24.8 Å². The van der Waals surface area contributed by atoms with Crippen LogP contribution in [0.3, 0.4) is 0 Å². The summed E-state index contributed by atoms with van der Waals surface area (Å²) in [6, 6.07) is 8.10. The Hall–Kier alpha value is -2.91. The molecule has 0 radical (unpaired) electrons. The lowest BCUT2D eigenvalue weighted by atomic mass is 10.1. The molecule has 4 rings (SSSR count). The molecule has 29 heavy (non-hydrogen) atoms. The summed E-state index contributed by atoms with van der Waals surface area (Å²) in [6.45, 7) is 6.02. The number of aromatic amines is 1. The van der Waals surface area contributed by atoms with Crippen LogP contribution in [0, 0.1) is 0 Å². The van der Waals surface area contributed by atoms with Crippen LogP contribution >= 0.6 is 0 Å². The van der Waals surface area contributed by atoms with E-state index in [0.29, 0.717) is 11.6 Å². The molecule has 0 spiro atoms. The van der Waals surface area contributed by atoms with Gasteiger partial charge >= 0.3 is 0 Å². The van der Waals surface area contributed by atoms with Crippen LogP contribution in [0.4, 0.5) is 11.8 Å². The van der Waals surface area contributed by atoms with Crippen molar-refractivity contribution >= 4 is 22.9 Å². The maximum atomic E-state index is 5.39. The predicted molar refractivity (Wildman–Crippen MR) is 113 cm³/mol. The first-order valence-electron chi connectivity index (χ1n) is 9.94. The van der Waals surface area contributed by atoms with Crippen LogP contribution in [0.25, 0.3) is 11.2 Å². The summed E-state index contributed by atoms with van der Waals surface area (Å²) in [6.07, 6.45) is 2.52. The maximum Gasteiger partial charge on any atom is 0.226 e. The van der Waals surface area contributed by atoms with Crippen LogP contribution in [0.1, 0.15) is 5.56 Å². The summed E-state index contributed by atoms with van der Waals surface area (Å²) < 4.78 is 10.6. The average molecular weight is 397 g/mol. The van der Waals surface area contributed by atoms with Crippen LogP contribution in [-0.4, -0.2) is 77.9 Å². The minimum Gasteiger partial charge on any atom is -0.497 e. The second-order valence-electron chi connectivity index (χ2n) is 6.90. The third-order valence-electron chi connectivity index (χ3n) is 4.97. The number of aromatic nitrogens is 4. The number of nitrogens with one attached hydrogen (secondary N) is 3. The van der Waals surface area contributed by atoms with Gasteiger partial charge in [0.2, 0.25) is 5.95 Å². The molecule has 1 aliphatic heterocycles. The number of rotatable bonds is 9. The van der Waals surface area contributed by atoms with Gasteiger partial charge in [0.15, 0.2) is 11.5 Å². The molecule has 3 N–H and O–H groups in total. The van der Waals surface area contributed by atoms with Crippen molar-refractivity contribution in [3.05, 3.63) is 36.2 Å². The summed E-state index contributed by atoms with van der Waals surface area (Å²) in [5.74, 6) is 2.21. The molecule has 2 aromatic heterocycles. The number of hydrogen-bond acceptors (Lipinski definition) is 8. The Morgan fingerprint density at radius 3 is 2.72 bits per heavy atom. The molecule has 1 aliphatic rings. The third-order valence-corrected chi connectivity index (χ3v) is 4.97. The van der Waals surface area contributed by atoms with Crippen LogP contribution in [0.5, 0.6) is 5.75 Å². The van der Waals surface area contributed by atoms with Gasteiger partial charge in [0.25, 0.3) is 0 Å². The number of anilines is 2. The van der Waals surface area contributed by atoms with Crippen molar-refractivity contribution in [2.45, 2.75) is 6.42 Å². The standard InChI is InChI=1S/C20H27N7O2/c1-28-16-4-2-15(3-5-16)6-7-21-18-17-19(24-14-23-17)26-20(25-18)22-8-9-27-10-12-29-13-11-27/h2-5,14H,6-13H2,1H3,(H3,21,22,23,24,25,26). The number of fused-ring (bicyclic) bond motifs is 1. The first-order chi connectivity index (χ1) is 14.3. The van der Waals surface area contributed by atoms with E-state index in [4.69, 9.17) is 9.47 Å². The number of morpholine rings is 1. The summed E-state index contributed by atoms with van der Waals surface area (Å²) in [5, 5.41) is 6.73. The van der Waals surface area contributed by atoms with Crippen molar-refractivity contribution in [1.29, 1.82) is 0 Å². The summed E-state index contributed by atoms with van der Waals surface area (Å²) >= 11 is 0. The first-order valence-corrected chi connectivity index (χ1v) is 9.94. The highest BCUT2D eigenvalue weighted by molar-refractivity contribution is 5.83. The fourth-order valence-electron chi connectivity index (χ4n) is 3.31.